The molecule has 2 aromatic rings. The predicted molar refractivity (Wildman–Crippen MR) is 77.2 cm³/mol. The maximum atomic E-state index is 11.5. The first-order valence-corrected chi connectivity index (χ1v) is 6.60. The quantitative estimate of drug-likeness (QED) is 0.794. The Labute approximate surface area is 122 Å². The zero-order valence-electron chi connectivity index (χ0n) is 11.7. The van der Waals surface area contributed by atoms with Gasteiger partial charge < -0.3 is 15.2 Å². The number of carbonyl (C=O) groups is 2. The second-order valence-electron chi connectivity index (χ2n) is 4.42. The summed E-state index contributed by atoms with van der Waals surface area (Å²) in [7, 11) is 0. The number of aromatic nitrogens is 3. The molecule has 0 aliphatic carbocycles. The third-order valence-corrected chi connectivity index (χ3v) is 2.78. The lowest BCUT2D eigenvalue weighted by Gasteiger charge is -2.09. The smallest absolute Gasteiger partial charge is 0.239 e. The number of hydrogen-bond acceptors (Lipinski definition) is 4. The van der Waals surface area contributed by atoms with Gasteiger partial charge in [0.25, 0.3) is 0 Å². The molecular weight excluding hydrogens is 270 g/mol. The van der Waals surface area contributed by atoms with Crippen molar-refractivity contribution in [3.63, 3.8) is 0 Å². The van der Waals surface area contributed by atoms with E-state index in [2.05, 4.69) is 20.6 Å². The fourth-order valence-corrected chi connectivity index (χ4v) is 1.80. The summed E-state index contributed by atoms with van der Waals surface area (Å²) in [5.41, 5.74) is 0.784. The molecule has 0 unspecified atom stereocenters. The lowest BCUT2D eigenvalue weighted by molar-refractivity contribution is -0.125. The highest BCUT2D eigenvalue weighted by Gasteiger charge is 2.07. The van der Waals surface area contributed by atoms with Gasteiger partial charge in [0, 0.05) is 38.6 Å². The van der Waals surface area contributed by atoms with E-state index in [1.54, 1.807) is 12.4 Å². The van der Waals surface area contributed by atoms with Gasteiger partial charge in [-0.2, -0.15) is 0 Å². The Hall–Kier alpha value is -2.70. The van der Waals surface area contributed by atoms with Crippen LogP contribution < -0.4 is 10.6 Å². The third kappa shape index (κ3) is 4.41. The number of pyridine rings is 1. The molecule has 0 aliphatic rings. The van der Waals surface area contributed by atoms with Crippen molar-refractivity contribution in [1.82, 2.24) is 25.2 Å². The zero-order valence-corrected chi connectivity index (χ0v) is 11.7. The molecule has 0 bridgehead atoms. The predicted octanol–water partition coefficient (Wildman–Crippen LogP) is 0.197. The average molecular weight is 287 g/mol. The van der Waals surface area contributed by atoms with Crippen LogP contribution in [0.15, 0.2) is 36.8 Å². The van der Waals surface area contributed by atoms with Crippen molar-refractivity contribution in [2.45, 2.75) is 13.5 Å². The van der Waals surface area contributed by atoms with Gasteiger partial charge in [-0.1, -0.05) is 6.07 Å². The van der Waals surface area contributed by atoms with E-state index in [1.807, 2.05) is 29.0 Å². The van der Waals surface area contributed by atoms with Gasteiger partial charge >= 0.3 is 0 Å². The number of nitrogens with one attached hydrogen (secondary N) is 2. The number of nitrogens with zero attached hydrogens (tertiary/aromatic N) is 3. The van der Waals surface area contributed by atoms with Crippen LogP contribution in [-0.2, 0) is 16.1 Å². The van der Waals surface area contributed by atoms with Gasteiger partial charge in [0.05, 0.1) is 6.54 Å². The molecule has 110 valence electrons. The Kier molecular flexibility index (Phi) is 5.03. The Morgan fingerprint density at radius 1 is 1.19 bits per heavy atom. The van der Waals surface area contributed by atoms with Crippen LogP contribution >= 0.6 is 0 Å². The summed E-state index contributed by atoms with van der Waals surface area (Å²) in [6.07, 6.45) is 5.25. The number of hydrogen-bond donors (Lipinski definition) is 2. The van der Waals surface area contributed by atoms with Crippen LogP contribution in [0.25, 0.3) is 11.5 Å². The lowest BCUT2D eigenvalue weighted by Crippen LogP contribution is -2.37. The van der Waals surface area contributed by atoms with Crippen molar-refractivity contribution in [3.8, 4) is 11.5 Å². The number of rotatable bonds is 6. The van der Waals surface area contributed by atoms with Crippen molar-refractivity contribution in [2.75, 3.05) is 13.1 Å². The minimum absolute atomic E-state index is 0.00758. The summed E-state index contributed by atoms with van der Waals surface area (Å²) in [6.45, 7) is 2.40. The topological polar surface area (TPSA) is 88.9 Å². The number of imidazole rings is 1. The largest absolute Gasteiger partial charge is 0.353 e. The Morgan fingerprint density at radius 2 is 2.05 bits per heavy atom. The summed E-state index contributed by atoms with van der Waals surface area (Å²) in [5.74, 6) is 0.314. The summed E-state index contributed by atoms with van der Waals surface area (Å²) in [6, 6.07) is 5.63. The molecule has 0 saturated heterocycles. The van der Waals surface area contributed by atoms with E-state index in [1.165, 1.54) is 6.92 Å². The second-order valence-corrected chi connectivity index (χ2v) is 4.42. The van der Waals surface area contributed by atoms with E-state index in [0.717, 1.165) is 11.5 Å². The van der Waals surface area contributed by atoms with Crippen LogP contribution in [0.4, 0.5) is 0 Å². The zero-order chi connectivity index (χ0) is 15.1. The summed E-state index contributed by atoms with van der Waals surface area (Å²) in [4.78, 5) is 30.7. The highest BCUT2D eigenvalue weighted by molar-refractivity contribution is 5.83. The summed E-state index contributed by atoms with van der Waals surface area (Å²) in [5, 5.41) is 5.18. The van der Waals surface area contributed by atoms with Gasteiger partial charge in [-0.05, 0) is 12.1 Å². The average Bonchev–Trinajstić information content (AvgIpc) is 2.94. The first-order chi connectivity index (χ1) is 10.2. The third-order valence-electron chi connectivity index (χ3n) is 2.78. The standard InChI is InChI=1S/C14H17N5O2/c1-11(20)18-10-13(21)16-6-8-19-9-7-17-14(19)12-4-2-3-5-15-12/h2-5,7,9H,6,8,10H2,1H3,(H,16,21)(H,18,20). The molecule has 0 spiro atoms. The molecule has 0 radical (unpaired) electrons. The fourth-order valence-electron chi connectivity index (χ4n) is 1.80. The van der Waals surface area contributed by atoms with Gasteiger partial charge in [-0.3, -0.25) is 14.6 Å². The molecule has 0 fully saturated rings. The van der Waals surface area contributed by atoms with Crippen molar-refractivity contribution >= 4 is 11.8 Å². The van der Waals surface area contributed by atoms with Crippen molar-refractivity contribution in [2.24, 2.45) is 0 Å². The minimum Gasteiger partial charge on any atom is -0.353 e. The van der Waals surface area contributed by atoms with Crippen LogP contribution in [0.1, 0.15) is 6.92 Å². The molecule has 0 saturated carbocycles. The van der Waals surface area contributed by atoms with E-state index >= 15 is 0 Å². The van der Waals surface area contributed by atoms with E-state index in [4.69, 9.17) is 0 Å². The van der Waals surface area contributed by atoms with Crippen LogP contribution in [0.5, 0.6) is 0 Å². The fraction of sp³-hybridized carbons (Fsp3) is 0.286. The van der Waals surface area contributed by atoms with Crippen LogP contribution in [0.3, 0.4) is 0 Å². The highest BCUT2D eigenvalue weighted by atomic mass is 16.2. The lowest BCUT2D eigenvalue weighted by atomic mass is 10.3. The molecule has 2 heterocycles. The molecule has 2 rings (SSSR count). The molecule has 0 aromatic carbocycles. The Balaban J connectivity index is 1.86. The van der Waals surface area contributed by atoms with Crippen molar-refractivity contribution in [1.29, 1.82) is 0 Å². The molecule has 21 heavy (non-hydrogen) atoms. The first kappa shape index (κ1) is 14.7. The number of amides is 2. The minimum atomic E-state index is -0.225. The maximum Gasteiger partial charge on any atom is 0.239 e. The maximum absolute atomic E-state index is 11.5. The highest BCUT2D eigenvalue weighted by Crippen LogP contribution is 2.13. The molecule has 2 amide bonds. The molecule has 7 heteroatoms. The van der Waals surface area contributed by atoms with Crippen molar-refractivity contribution < 1.29 is 9.59 Å². The Bertz CT molecular complexity index is 609. The molecule has 0 aliphatic heterocycles. The van der Waals surface area contributed by atoms with Gasteiger partial charge in [-0.25, -0.2) is 4.98 Å². The first-order valence-electron chi connectivity index (χ1n) is 6.60. The van der Waals surface area contributed by atoms with Gasteiger partial charge in [0.1, 0.15) is 5.69 Å². The molecule has 2 aromatic heterocycles. The normalized spacial score (nSPS) is 10.1. The van der Waals surface area contributed by atoms with E-state index in [-0.39, 0.29) is 18.4 Å². The van der Waals surface area contributed by atoms with E-state index in [0.29, 0.717) is 13.1 Å². The van der Waals surface area contributed by atoms with E-state index in [9.17, 15) is 9.59 Å². The van der Waals surface area contributed by atoms with Crippen molar-refractivity contribution in [3.05, 3.63) is 36.8 Å². The van der Waals surface area contributed by atoms with Gasteiger partial charge in [-0.15, -0.1) is 0 Å². The second kappa shape index (κ2) is 7.18. The van der Waals surface area contributed by atoms with E-state index < -0.39 is 0 Å². The molecule has 0 atom stereocenters. The molecule has 7 nitrogen and oxygen atoms in total. The van der Waals surface area contributed by atoms with Gasteiger partial charge in [0.2, 0.25) is 11.8 Å². The molecular formula is C14H17N5O2. The molecule has 2 N–H and O–H groups in total. The summed E-state index contributed by atoms with van der Waals surface area (Å²) >= 11 is 0. The monoisotopic (exact) mass is 287 g/mol. The Morgan fingerprint density at radius 3 is 2.76 bits per heavy atom. The van der Waals surface area contributed by atoms with Crippen LogP contribution in [-0.4, -0.2) is 39.4 Å². The number of carbonyl (C=O) groups excluding carboxylic acids is 2. The summed E-state index contributed by atoms with van der Waals surface area (Å²) < 4.78 is 1.92. The van der Waals surface area contributed by atoms with Crippen LogP contribution in [0.2, 0.25) is 0 Å². The van der Waals surface area contributed by atoms with Crippen LogP contribution in [0, 0.1) is 0 Å². The van der Waals surface area contributed by atoms with Gasteiger partial charge in [0.15, 0.2) is 5.82 Å². The SMILES string of the molecule is CC(=O)NCC(=O)NCCn1ccnc1-c1ccccn1.